The number of hydrogen-bond donors (Lipinski definition) is 1. The number of hydrogen-bond acceptors (Lipinski definition) is 3. The van der Waals surface area contributed by atoms with Crippen molar-refractivity contribution in [3.05, 3.63) is 35.4 Å². The van der Waals surface area contributed by atoms with Gasteiger partial charge < -0.3 is 15.4 Å². The van der Waals surface area contributed by atoms with Crippen LogP contribution in [0.15, 0.2) is 24.3 Å². The normalized spacial score (nSPS) is 25.5. The molecule has 2 aliphatic rings. The number of carbonyl (C=O) groups excluding carboxylic acids is 1. The van der Waals surface area contributed by atoms with Gasteiger partial charge in [-0.25, -0.2) is 0 Å². The Morgan fingerprint density at radius 3 is 2.95 bits per heavy atom. The highest BCUT2D eigenvalue weighted by Gasteiger charge is 2.37. The van der Waals surface area contributed by atoms with E-state index < -0.39 is 0 Å². The van der Waals surface area contributed by atoms with Crippen molar-refractivity contribution in [2.75, 3.05) is 19.7 Å². The molecule has 1 amide bonds. The van der Waals surface area contributed by atoms with E-state index in [1.165, 1.54) is 12.8 Å². The Labute approximate surface area is 126 Å². The van der Waals surface area contributed by atoms with Gasteiger partial charge in [-0.15, -0.1) is 0 Å². The molecule has 3 rings (SSSR count). The van der Waals surface area contributed by atoms with Gasteiger partial charge in [-0.3, -0.25) is 4.79 Å². The van der Waals surface area contributed by atoms with Crippen LogP contribution >= 0.6 is 0 Å². The van der Waals surface area contributed by atoms with Crippen LogP contribution in [0.4, 0.5) is 0 Å². The van der Waals surface area contributed by atoms with Crippen LogP contribution < -0.4 is 5.73 Å². The fourth-order valence-electron chi connectivity index (χ4n) is 3.61. The summed E-state index contributed by atoms with van der Waals surface area (Å²) in [6.45, 7) is 1.93. The molecule has 0 bridgehead atoms. The van der Waals surface area contributed by atoms with Crippen LogP contribution in [-0.2, 0) is 11.2 Å². The van der Waals surface area contributed by atoms with E-state index in [1.807, 2.05) is 29.2 Å². The fraction of sp³-hybridized carbons (Fsp3) is 0.588. The van der Waals surface area contributed by atoms with Gasteiger partial charge in [0.25, 0.3) is 5.91 Å². The minimum atomic E-state index is 0.152. The first-order valence-corrected chi connectivity index (χ1v) is 8.02. The third-order valence-corrected chi connectivity index (χ3v) is 4.65. The van der Waals surface area contributed by atoms with Crippen molar-refractivity contribution in [2.45, 2.75) is 44.2 Å². The van der Waals surface area contributed by atoms with Crippen LogP contribution in [0.1, 0.15) is 41.6 Å². The smallest absolute Gasteiger partial charge is 0.254 e. The van der Waals surface area contributed by atoms with Crippen molar-refractivity contribution in [3.63, 3.8) is 0 Å². The van der Waals surface area contributed by atoms with Crippen LogP contribution in [0.25, 0.3) is 0 Å². The fourth-order valence-corrected chi connectivity index (χ4v) is 3.61. The molecule has 2 atom stereocenters. The monoisotopic (exact) mass is 288 g/mol. The molecule has 21 heavy (non-hydrogen) atoms. The molecule has 1 aromatic rings. The number of fused-ring (bicyclic) bond motifs is 1. The van der Waals surface area contributed by atoms with Crippen molar-refractivity contribution in [3.8, 4) is 0 Å². The summed E-state index contributed by atoms with van der Waals surface area (Å²) in [6, 6.07) is 8.11. The second-order valence-corrected chi connectivity index (χ2v) is 5.96. The van der Waals surface area contributed by atoms with Crippen molar-refractivity contribution >= 4 is 5.91 Å². The lowest BCUT2D eigenvalue weighted by Gasteiger charge is -2.44. The Morgan fingerprint density at radius 1 is 1.29 bits per heavy atom. The first-order chi connectivity index (χ1) is 10.3. The van der Waals surface area contributed by atoms with E-state index in [-0.39, 0.29) is 18.1 Å². The molecule has 2 N–H and O–H groups in total. The van der Waals surface area contributed by atoms with Crippen LogP contribution in [0.2, 0.25) is 0 Å². The molecule has 0 aromatic heterocycles. The van der Waals surface area contributed by atoms with Gasteiger partial charge >= 0.3 is 0 Å². The Balaban J connectivity index is 1.83. The summed E-state index contributed by atoms with van der Waals surface area (Å²) in [4.78, 5) is 15.0. The van der Waals surface area contributed by atoms with Crippen LogP contribution in [0.5, 0.6) is 0 Å². The SMILES string of the molecule is NCCc1ccccc1C(=O)N1CCOC2CCCCC21. The molecule has 0 radical (unpaired) electrons. The second kappa shape index (κ2) is 6.58. The predicted molar refractivity (Wildman–Crippen MR) is 82.2 cm³/mol. The highest BCUT2D eigenvalue weighted by Crippen LogP contribution is 2.29. The summed E-state index contributed by atoms with van der Waals surface area (Å²) >= 11 is 0. The Morgan fingerprint density at radius 2 is 2.10 bits per heavy atom. The van der Waals surface area contributed by atoms with E-state index in [2.05, 4.69) is 0 Å². The average Bonchev–Trinajstić information content (AvgIpc) is 2.54. The van der Waals surface area contributed by atoms with E-state index in [9.17, 15) is 4.79 Å². The zero-order chi connectivity index (χ0) is 14.7. The Bertz CT molecular complexity index is 501. The number of nitrogens with zero attached hydrogens (tertiary/aromatic N) is 1. The van der Waals surface area contributed by atoms with E-state index >= 15 is 0 Å². The van der Waals surface area contributed by atoms with Crippen molar-refractivity contribution in [2.24, 2.45) is 5.73 Å². The molecule has 2 unspecified atom stereocenters. The maximum atomic E-state index is 13.0. The topological polar surface area (TPSA) is 55.6 Å². The number of nitrogens with two attached hydrogens (primary N) is 1. The average molecular weight is 288 g/mol. The maximum Gasteiger partial charge on any atom is 0.254 e. The summed E-state index contributed by atoms with van der Waals surface area (Å²) in [5.74, 6) is 0.152. The molecule has 1 heterocycles. The number of morpholine rings is 1. The lowest BCUT2D eigenvalue weighted by Crippen LogP contribution is -2.55. The Hall–Kier alpha value is -1.39. The number of rotatable bonds is 3. The molecule has 1 aliphatic heterocycles. The van der Waals surface area contributed by atoms with Gasteiger partial charge in [0.1, 0.15) is 0 Å². The van der Waals surface area contributed by atoms with Crippen LogP contribution in [0.3, 0.4) is 0 Å². The van der Waals surface area contributed by atoms with Crippen molar-refractivity contribution in [1.29, 1.82) is 0 Å². The molecule has 4 heteroatoms. The number of amides is 1. The molecule has 114 valence electrons. The van der Waals surface area contributed by atoms with E-state index in [1.54, 1.807) is 0 Å². The molecular weight excluding hydrogens is 264 g/mol. The van der Waals surface area contributed by atoms with Gasteiger partial charge in [0.15, 0.2) is 0 Å². The zero-order valence-corrected chi connectivity index (χ0v) is 12.5. The molecule has 1 aliphatic carbocycles. The first kappa shape index (κ1) is 14.5. The van der Waals surface area contributed by atoms with E-state index in [0.717, 1.165) is 30.4 Å². The summed E-state index contributed by atoms with van der Waals surface area (Å²) in [5, 5.41) is 0. The van der Waals surface area contributed by atoms with Crippen LogP contribution in [-0.4, -0.2) is 42.6 Å². The van der Waals surface area contributed by atoms with Gasteiger partial charge in [0, 0.05) is 12.1 Å². The standard InChI is InChI=1S/C17H24N2O2/c18-10-9-13-5-1-2-6-14(13)17(20)19-11-12-21-16-8-4-3-7-15(16)19/h1-2,5-6,15-16H,3-4,7-12,18H2. The minimum Gasteiger partial charge on any atom is -0.374 e. The highest BCUT2D eigenvalue weighted by molar-refractivity contribution is 5.96. The number of ether oxygens (including phenoxy) is 1. The summed E-state index contributed by atoms with van der Waals surface area (Å²) in [7, 11) is 0. The first-order valence-electron chi connectivity index (χ1n) is 8.02. The third kappa shape index (κ3) is 2.97. The van der Waals surface area contributed by atoms with Gasteiger partial charge in [0.2, 0.25) is 0 Å². The van der Waals surface area contributed by atoms with Crippen molar-refractivity contribution in [1.82, 2.24) is 4.90 Å². The predicted octanol–water partition coefficient (Wildman–Crippen LogP) is 1.97. The lowest BCUT2D eigenvalue weighted by atomic mass is 9.89. The van der Waals surface area contributed by atoms with E-state index in [4.69, 9.17) is 10.5 Å². The van der Waals surface area contributed by atoms with E-state index in [0.29, 0.717) is 19.7 Å². The van der Waals surface area contributed by atoms with Gasteiger partial charge in [0.05, 0.1) is 18.8 Å². The lowest BCUT2D eigenvalue weighted by molar-refractivity contribution is -0.0753. The summed E-state index contributed by atoms with van der Waals surface area (Å²) < 4.78 is 5.86. The molecular formula is C17H24N2O2. The molecule has 1 aromatic carbocycles. The minimum absolute atomic E-state index is 0.152. The second-order valence-electron chi connectivity index (χ2n) is 5.96. The van der Waals surface area contributed by atoms with Gasteiger partial charge in [-0.05, 0) is 37.4 Å². The largest absolute Gasteiger partial charge is 0.374 e. The Kier molecular flexibility index (Phi) is 4.56. The van der Waals surface area contributed by atoms with Crippen molar-refractivity contribution < 1.29 is 9.53 Å². The van der Waals surface area contributed by atoms with Crippen LogP contribution in [0, 0.1) is 0 Å². The third-order valence-electron chi connectivity index (χ3n) is 4.65. The van der Waals surface area contributed by atoms with Gasteiger partial charge in [-0.2, -0.15) is 0 Å². The molecule has 1 saturated heterocycles. The maximum absolute atomic E-state index is 13.0. The molecule has 2 fully saturated rings. The summed E-state index contributed by atoms with van der Waals surface area (Å²) in [5.41, 5.74) is 7.54. The number of benzene rings is 1. The van der Waals surface area contributed by atoms with Gasteiger partial charge in [-0.1, -0.05) is 31.0 Å². The molecule has 0 spiro atoms. The quantitative estimate of drug-likeness (QED) is 0.925. The highest BCUT2D eigenvalue weighted by atomic mass is 16.5. The summed E-state index contributed by atoms with van der Waals surface area (Å²) in [6.07, 6.45) is 5.54. The molecule has 1 saturated carbocycles. The molecule has 4 nitrogen and oxygen atoms in total. The number of carbonyl (C=O) groups is 1. The zero-order valence-electron chi connectivity index (χ0n) is 12.5.